The standard InChI is InChI=1S/C26H25N7/c1-5-6-7-24(33-14-17(3)29-15-33)20-11-23(30-18(20)4)25-21-10-19(12-28-26(21)32-31-25)22-13-27-9-8-16(22)2/h5-15,30H,1-4H3,(H,28,31,32)/b6-5-,24-7+. The summed E-state index contributed by atoms with van der Waals surface area (Å²) in [5.74, 6) is 0. The molecule has 7 nitrogen and oxygen atoms in total. The largest absolute Gasteiger partial charge is 0.357 e. The molecule has 5 aromatic heterocycles. The number of hydrogen-bond donors (Lipinski definition) is 2. The average molecular weight is 436 g/mol. The van der Waals surface area contributed by atoms with Gasteiger partial charge in [0.1, 0.15) is 0 Å². The molecular formula is C26H25N7. The number of imidazole rings is 1. The fraction of sp³-hybridized carbons (Fsp3) is 0.154. The molecule has 5 aromatic rings. The summed E-state index contributed by atoms with van der Waals surface area (Å²) >= 11 is 0. The van der Waals surface area contributed by atoms with Gasteiger partial charge in [-0.3, -0.25) is 10.1 Å². The SMILES string of the molecule is C/C=C\C=C(/c1cc(-c2[nH]nc3ncc(-c4cnccc4C)cc23)[nH]c1C)n1cnc(C)c1. The lowest BCUT2D eigenvalue weighted by molar-refractivity contribution is 1.08. The zero-order valence-corrected chi connectivity index (χ0v) is 19.1. The minimum atomic E-state index is 0.680. The number of aromatic nitrogens is 7. The second-order valence-corrected chi connectivity index (χ2v) is 8.11. The first-order valence-electron chi connectivity index (χ1n) is 10.8. The summed E-state index contributed by atoms with van der Waals surface area (Å²) in [6, 6.07) is 6.28. The summed E-state index contributed by atoms with van der Waals surface area (Å²) in [7, 11) is 0. The van der Waals surface area contributed by atoms with Crippen molar-refractivity contribution in [1.82, 2.24) is 34.7 Å². The van der Waals surface area contributed by atoms with E-state index in [1.54, 1.807) is 6.20 Å². The number of aromatic amines is 2. The van der Waals surface area contributed by atoms with Crippen LogP contribution in [0.15, 0.2) is 67.5 Å². The van der Waals surface area contributed by atoms with Crippen molar-refractivity contribution < 1.29 is 0 Å². The molecule has 0 unspecified atom stereocenters. The number of hydrogen-bond acceptors (Lipinski definition) is 4. The molecule has 0 saturated heterocycles. The number of pyridine rings is 2. The van der Waals surface area contributed by atoms with Gasteiger partial charge in [0, 0.05) is 52.6 Å². The van der Waals surface area contributed by atoms with Gasteiger partial charge in [0.2, 0.25) is 0 Å². The number of allylic oxidation sites excluding steroid dienone is 3. The van der Waals surface area contributed by atoms with E-state index in [0.29, 0.717) is 5.65 Å². The molecule has 0 radical (unpaired) electrons. The zero-order chi connectivity index (χ0) is 22.9. The minimum absolute atomic E-state index is 0.680. The van der Waals surface area contributed by atoms with E-state index in [4.69, 9.17) is 0 Å². The molecule has 0 aromatic carbocycles. The van der Waals surface area contributed by atoms with E-state index in [-0.39, 0.29) is 0 Å². The van der Waals surface area contributed by atoms with Gasteiger partial charge in [0.15, 0.2) is 5.65 Å². The van der Waals surface area contributed by atoms with Crippen LogP contribution >= 0.6 is 0 Å². The number of rotatable bonds is 5. The lowest BCUT2D eigenvalue weighted by Gasteiger charge is -2.07. The van der Waals surface area contributed by atoms with Crippen molar-refractivity contribution in [3.8, 4) is 22.5 Å². The molecule has 2 N–H and O–H groups in total. The van der Waals surface area contributed by atoms with Crippen molar-refractivity contribution in [2.24, 2.45) is 0 Å². The maximum Gasteiger partial charge on any atom is 0.181 e. The third-order valence-electron chi connectivity index (χ3n) is 5.76. The normalized spacial score (nSPS) is 12.3. The number of nitrogens with one attached hydrogen (secondary N) is 2. The van der Waals surface area contributed by atoms with Gasteiger partial charge in [0.25, 0.3) is 0 Å². The molecule has 0 amide bonds. The number of nitrogens with zero attached hydrogens (tertiary/aromatic N) is 5. The fourth-order valence-electron chi connectivity index (χ4n) is 4.03. The van der Waals surface area contributed by atoms with E-state index in [0.717, 1.165) is 56.1 Å². The lowest BCUT2D eigenvalue weighted by Crippen LogP contribution is -1.96. The van der Waals surface area contributed by atoms with Gasteiger partial charge in [-0.2, -0.15) is 5.10 Å². The number of fused-ring (bicyclic) bond motifs is 1. The molecule has 0 aliphatic rings. The Balaban J connectivity index is 1.62. The Labute approximate surface area is 192 Å². The summed E-state index contributed by atoms with van der Waals surface area (Å²) < 4.78 is 2.05. The molecule has 0 aliphatic carbocycles. The summed E-state index contributed by atoms with van der Waals surface area (Å²) in [4.78, 5) is 16.8. The lowest BCUT2D eigenvalue weighted by atomic mass is 10.0. The molecule has 0 aliphatic heterocycles. The first-order chi connectivity index (χ1) is 16.0. The summed E-state index contributed by atoms with van der Waals surface area (Å²) in [6.45, 7) is 8.15. The second kappa shape index (κ2) is 8.35. The van der Waals surface area contributed by atoms with Gasteiger partial charge < -0.3 is 9.55 Å². The fourth-order valence-corrected chi connectivity index (χ4v) is 4.03. The Morgan fingerprint density at radius 2 is 1.97 bits per heavy atom. The Morgan fingerprint density at radius 3 is 2.73 bits per heavy atom. The molecule has 0 bridgehead atoms. The predicted octanol–water partition coefficient (Wildman–Crippen LogP) is 5.60. The van der Waals surface area contributed by atoms with Gasteiger partial charge in [0.05, 0.1) is 29.1 Å². The van der Waals surface area contributed by atoms with Crippen LogP contribution in [-0.2, 0) is 0 Å². The van der Waals surface area contributed by atoms with Crippen LogP contribution < -0.4 is 0 Å². The van der Waals surface area contributed by atoms with Crippen LogP contribution in [0.3, 0.4) is 0 Å². The molecule has 5 rings (SSSR count). The summed E-state index contributed by atoms with van der Waals surface area (Å²) in [6.07, 6.45) is 15.5. The Bertz CT molecular complexity index is 1510. The van der Waals surface area contributed by atoms with Gasteiger partial charge in [-0.25, -0.2) is 9.97 Å². The van der Waals surface area contributed by atoms with Crippen LogP contribution in [-0.4, -0.2) is 34.7 Å². The molecular weight excluding hydrogens is 410 g/mol. The highest BCUT2D eigenvalue weighted by Crippen LogP contribution is 2.32. The highest BCUT2D eigenvalue weighted by atomic mass is 15.2. The molecule has 0 spiro atoms. The van der Waals surface area contributed by atoms with Gasteiger partial charge >= 0.3 is 0 Å². The van der Waals surface area contributed by atoms with Crippen molar-refractivity contribution in [2.75, 3.05) is 0 Å². The van der Waals surface area contributed by atoms with Crippen molar-refractivity contribution in [1.29, 1.82) is 0 Å². The van der Waals surface area contributed by atoms with Crippen LogP contribution in [0, 0.1) is 20.8 Å². The average Bonchev–Trinajstić information content (AvgIpc) is 3.53. The van der Waals surface area contributed by atoms with Crippen LogP contribution in [0.5, 0.6) is 0 Å². The van der Waals surface area contributed by atoms with E-state index in [9.17, 15) is 0 Å². The molecule has 7 heteroatoms. The minimum Gasteiger partial charge on any atom is -0.357 e. The Hall–Kier alpha value is -4.26. The maximum absolute atomic E-state index is 4.58. The third-order valence-corrected chi connectivity index (χ3v) is 5.76. The quantitative estimate of drug-likeness (QED) is 0.352. The Kier molecular flexibility index (Phi) is 5.22. The van der Waals surface area contributed by atoms with E-state index in [1.165, 1.54) is 0 Å². The molecule has 0 atom stereocenters. The Morgan fingerprint density at radius 1 is 1.09 bits per heavy atom. The van der Waals surface area contributed by atoms with E-state index >= 15 is 0 Å². The van der Waals surface area contributed by atoms with Gasteiger partial charge in [-0.05, 0) is 57.5 Å². The highest BCUT2D eigenvalue weighted by molar-refractivity contribution is 5.93. The monoisotopic (exact) mass is 435 g/mol. The molecule has 5 heterocycles. The van der Waals surface area contributed by atoms with Gasteiger partial charge in [-0.15, -0.1) is 0 Å². The van der Waals surface area contributed by atoms with Gasteiger partial charge in [-0.1, -0.05) is 12.2 Å². The maximum atomic E-state index is 4.58. The summed E-state index contributed by atoms with van der Waals surface area (Å²) in [5, 5.41) is 8.57. The molecule has 0 saturated carbocycles. The van der Waals surface area contributed by atoms with Crippen LogP contribution in [0.25, 0.3) is 39.2 Å². The number of H-pyrrole nitrogens is 2. The first kappa shape index (κ1) is 20.6. The first-order valence-corrected chi connectivity index (χ1v) is 10.8. The molecule has 0 fully saturated rings. The second-order valence-electron chi connectivity index (χ2n) is 8.11. The summed E-state index contributed by atoms with van der Waals surface area (Å²) in [5.41, 5.74) is 9.94. The van der Waals surface area contributed by atoms with Crippen molar-refractivity contribution >= 4 is 16.7 Å². The van der Waals surface area contributed by atoms with E-state index < -0.39 is 0 Å². The molecule has 164 valence electrons. The van der Waals surface area contributed by atoms with E-state index in [2.05, 4.69) is 62.2 Å². The van der Waals surface area contributed by atoms with Crippen LogP contribution in [0.2, 0.25) is 0 Å². The predicted molar refractivity (Wildman–Crippen MR) is 132 cm³/mol. The third kappa shape index (κ3) is 3.78. The van der Waals surface area contributed by atoms with Crippen LogP contribution in [0.1, 0.15) is 29.4 Å². The topological polar surface area (TPSA) is 88.1 Å². The zero-order valence-electron chi connectivity index (χ0n) is 19.1. The van der Waals surface area contributed by atoms with Crippen molar-refractivity contribution in [3.63, 3.8) is 0 Å². The van der Waals surface area contributed by atoms with E-state index in [1.807, 2.05) is 61.6 Å². The van der Waals surface area contributed by atoms with Crippen molar-refractivity contribution in [2.45, 2.75) is 27.7 Å². The highest BCUT2D eigenvalue weighted by Gasteiger charge is 2.17. The smallest absolute Gasteiger partial charge is 0.181 e. The number of aryl methyl sites for hydroxylation is 3. The molecule has 33 heavy (non-hydrogen) atoms. The van der Waals surface area contributed by atoms with Crippen molar-refractivity contribution in [3.05, 3.63) is 90.1 Å². The van der Waals surface area contributed by atoms with Crippen LogP contribution in [0.4, 0.5) is 0 Å².